The smallest absolute Gasteiger partial charge is 0.354 e. The normalized spacial score (nSPS) is 11.1. The molecule has 1 aromatic heterocycles. The van der Waals surface area contributed by atoms with Crippen molar-refractivity contribution < 1.29 is 9.53 Å². The number of aromatic nitrogens is 1. The van der Waals surface area contributed by atoms with Crippen LogP contribution in [0.5, 0.6) is 0 Å². The predicted molar refractivity (Wildman–Crippen MR) is 66.1 cm³/mol. The quantitative estimate of drug-likeness (QED) is 0.486. The lowest BCUT2D eigenvalue weighted by Crippen LogP contribution is -2.24. The molecule has 1 aromatic rings. The molecule has 0 fully saturated rings. The number of halogens is 1. The summed E-state index contributed by atoms with van der Waals surface area (Å²) in [6.45, 7) is 1.78. The van der Waals surface area contributed by atoms with Gasteiger partial charge in [0.25, 0.3) is 0 Å². The van der Waals surface area contributed by atoms with E-state index in [4.69, 9.17) is 0 Å². The summed E-state index contributed by atoms with van der Waals surface area (Å²) in [4.78, 5) is 17.4. The second-order valence-corrected chi connectivity index (χ2v) is 3.86. The van der Waals surface area contributed by atoms with Crippen molar-refractivity contribution in [3.05, 3.63) is 34.6 Å². The highest BCUT2D eigenvalue weighted by Crippen LogP contribution is 2.17. The van der Waals surface area contributed by atoms with E-state index in [1.165, 1.54) is 7.11 Å². The molecule has 4 nitrogen and oxygen atoms in total. The van der Waals surface area contributed by atoms with Crippen LogP contribution in [0.15, 0.2) is 34.6 Å². The Morgan fingerprint density at radius 3 is 2.75 bits per heavy atom. The summed E-state index contributed by atoms with van der Waals surface area (Å²) in [5.41, 5.74) is 0.452. The first kappa shape index (κ1) is 12.7. The van der Waals surface area contributed by atoms with Crippen LogP contribution in [0.2, 0.25) is 0 Å². The van der Waals surface area contributed by atoms with Crippen LogP contribution in [0.4, 0.5) is 5.82 Å². The van der Waals surface area contributed by atoms with Gasteiger partial charge in [0.2, 0.25) is 0 Å². The predicted octanol–water partition coefficient (Wildman–Crippen LogP) is 2.36. The third kappa shape index (κ3) is 2.82. The standard InChI is InChI=1S/C11H13BrN2O2/c1-4-8(11(15)16-3)14(2)10-7-5-6-9(12)13-10/h4-7H,1-3H3. The Balaban J connectivity index is 3.01. The molecule has 86 valence electrons. The van der Waals surface area contributed by atoms with Gasteiger partial charge in [-0.1, -0.05) is 12.1 Å². The number of methoxy groups -OCH3 is 1. The van der Waals surface area contributed by atoms with Crippen LogP contribution in [-0.2, 0) is 9.53 Å². The van der Waals surface area contributed by atoms with Crippen LogP contribution in [0.1, 0.15) is 6.92 Å². The largest absolute Gasteiger partial charge is 0.464 e. The summed E-state index contributed by atoms with van der Waals surface area (Å²) in [6, 6.07) is 5.50. The molecule has 0 aliphatic carbocycles. The number of carbonyl (C=O) groups excluding carboxylic acids is 1. The first-order chi connectivity index (χ1) is 7.60. The van der Waals surface area contributed by atoms with Gasteiger partial charge in [0.15, 0.2) is 0 Å². The topological polar surface area (TPSA) is 42.4 Å². The molecule has 0 amide bonds. The Labute approximate surface area is 103 Å². The van der Waals surface area contributed by atoms with E-state index in [0.29, 0.717) is 11.5 Å². The van der Waals surface area contributed by atoms with Crippen LogP contribution >= 0.6 is 15.9 Å². The maximum Gasteiger partial charge on any atom is 0.354 e. The molecule has 0 aliphatic rings. The Morgan fingerprint density at radius 2 is 2.25 bits per heavy atom. The van der Waals surface area contributed by atoms with E-state index in [0.717, 1.165) is 4.60 Å². The summed E-state index contributed by atoms with van der Waals surface area (Å²) in [5, 5.41) is 0. The van der Waals surface area contributed by atoms with Gasteiger partial charge in [0, 0.05) is 7.05 Å². The lowest BCUT2D eigenvalue weighted by atomic mass is 10.3. The average Bonchev–Trinajstić information content (AvgIpc) is 2.29. The highest BCUT2D eigenvalue weighted by molar-refractivity contribution is 9.10. The molecule has 5 heteroatoms. The number of likely N-dealkylation sites (N-methyl/N-ethyl adjacent to an activating group) is 1. The van der Waals surface area contributed by atoms with Crippen molar-refractivity contribution in [2.45, 2.75) is 6.92 Å². The lowest BCUT2D eigenvalue weighted by molar-refractivity contribution is -0.136. The molecule has 0 radical (unpaired) electrons. The summed E-state index contributed by atoms with van der Waals surface area (Å²) in [5.74, 6) is 0.291. The molecule has 0 aliphatic heterocycles. The van der Waals surface area contributed by atoms with Crippen molar-refractivity contribution in [1.82, 2.24) is 4.98 Å². The van der Waals surface area contributed by atoms with Crippen molar-refractivity contribution in [2.75, 3.05) is 19.1 Å². The number of anilines is 1. The minimum Gasteiger partial charge on any atom is -0.464 e. The molecule has 0 spiro atoms. The van der Waals surface area contributed by atoms with Crippen molar-refractivity contribution in [1.29, 1.82) is 0 Å². The van der Waals surface area contributed by atoms with Gasteiger partial charge in [-0.25, -0.2) is 9.78 Å². The molecule has 0 bridgehead atoms. The van der Waals surface area contributed by atoms with Crippen molar-refractivity contribution in [3.8, 4) is 0 Å². The molecular weight excluding hydrogens is 272 g/mol. The molecule has 0 aromatic carbocycles. The van der Waals surface area contributed by atoms with E-state index >= 15 is 0 Å². The van der Waals surface area contributed by atoms with Gasteiger partial charge >= 0.3 is 5.97 Å². The van der Waals surface area contributed by atoms with Crippen LogP contribution < -0.4 is 4.90 Å². The van der Waals surface area contributed by atoms with E-state index in [9.17, 15) is 4.79 Å². The third-order valence-electron chi connectivity index (χ3n) is 2.07. The second kappa shape index (κ2) is 5.65. The molecule has 0 saturated carbocycles. The van der Waals surface area contributed by atoms with Crippen LogP contribution in [0.25, 0.3) is 0 Å². The van der Waals surface area contributed by atoms with Crippen LogP contribution in [0, 0.1) is 0 Å². The zero-order valence-corrected chi connectivity index (χ0v) is 11.0. The second-order valence-electron chi connectivity index (χ2n) is 3.04. The van der Waals surface area contributed by atoms with E-state index in [2.05, 4.69) is 25.7 Å². The van der Waals surface area contributed by atoms with Crippen LogP contribution in [-0.4, -0.2) is 25.1 Å². The number of pyridine rings is 1. The maximum absolute atomic E-state index is 11.5. The monoisotopic (exact) mass is 284 g/mol. The molecule has 0 atom stereocenters. The number of nitrogens with zero attached hydrogens (tertiary/aromatic N) is 2. The fraction of sp³-hybridized carbons (Fsp3) is 0.273. The Bertz CT molecular complexity index is 418. The molecule has 0 saturated heterocycles. The maximum atomic E-state index is 11.5. The van der Waals surface area contributed by atoms with Gasteiger partial charge in [-0.2, -0.15) is 0 Å². The number of esters is 1. The van der Waals surface area contributed by atoms with E-state index in [1.807, 2.05) is 18.2 Å². The molecule has 0 N–H and O–H groups in total. The first-order valence-corrected chi connectivity index (χ1v) is 5.50. The van der Waals surface area contributed by atoms with Crippen LogP contribution in [0.3, 0.4) is 0 Å². The number of ether oxygens (including phenoxy) is 1. The zero-order valence-electron chi connectivity index (χ0n) is 9.40. The summed E-state index contributed by atoms with van der Waals surface area (Å²) in [6.07, 6.45) is 1.69. The third-order valence-corrected chi connectivity index (χ3v) is 2.52. The highest BCUT2D eigenvalue weighted by atomic mass is 79.9. The Morgan fingerprint density at radius 1 is 1.56 bits per heavy atom. The first-order valence-electron chi connectivity index (χ1n) is 4.71. The number of hydrogen-bond acceptors (Lipinski definition) is 4. The molecule has 16 heavy (non-hydrogen) atoms. The van der Waals surface area contributed by atoms with Gasteiger partial charge in [-0.15, -0.1) is 0 Å². The van der Waals surface area contributed by atoms with E-state index in [1.54, 1.807) is 24.9 Å². The van der Waals surface area contributed by atoms with Gasteiger partial charge < -0.3 is 9.64 Å². The van der Waals surface area contributed by atoms with Gasteiger partial charge in [0.05, 0.1) is 7.11 Å². The number of hydrogen-bond donors (Lipinski definition) is 0. The number of rotatable bonds is 3. The van der Waals surface area contributed by atoms with Gasteiger partial charge in [-0.3, -0.25) is 0 Å². The van der Waals surface area contributed by atoms with Crippen molar-refractivity contribution in [2.24, 2.45) is 0 Å². The minimum absolute atomic E-state index is 0.383. The summed E-state index contributed by atoms with van der Waals surface area (Å²) >= 11 is 3.28. The lowest BCUT2D eigenvalue weighted by Gasteiger charge is -2.19. The zero-order chi connectivity index (χ0) is 12.1. The fourth-order valence-electron chi connectivity index (χ4n) is 1.26. The Hall–Kier alpha value is -1.36. The number of allylic oxidation sites excluding steroid dienone is 1. The summed E-state index contributed by atoms with van der Waals surface area (Å²) in [7, 11) is 3.12. The fourth-order valence-corrected chi connectivity index (χ4v) is 1.60. The van der Waals surface area contributed by atoms with Gasteiger partial charge in [-0.05, 0) is 35.0 Å². The van der Waals surface area contributed by atoms with E-state index in [-0.39, 0.29) is 5.97 Å². The molecule has 0 unspecified atom stereocenters. The minimum atomic E-state index is -0.383. The highest BCUT2D eigenvalue weighted by Gasteiger charge is 2.15. The number of carbonyl (C=O) groups is 1. The summed E-state index contributed by atoms with van der Waals surface area (Å²) < 4.78 is 5.41. The van der Waals surface area contributed by atoms with Gasteiger partial charge in [0.1, 0.15) is 16.1 Å². The average molecular weight is 285 g/mol. The van der Waals surface area contributed by atoms with E-state index < -0.39 is 0 Å². The van der Waals surface area contributed by atoms with Crippen molar-refractivity contribution in [3.63, 3.8) is 0 Å². The molecular formula is C11H13BrN2O2. The SMILES string of the molecule is CC=C(C(=O)OC)N(C)c1cccc(Br)n1. The molecule has 1 rings (SSSR count). The molecule has 1 heterocycles. The van der Waals surface area contributed by atoms with Crippen molar-refractivity contribution >= 4 is 27.7 Å². The Kier molecular flexibility index (Phi) is 4.49.